The average molecular weight is 360 g/mol. The van der Waals surface area contributed by atoms with E-state index in [2.05, 4.69) is 26.7 Å². The van der Waals surface area contributed by atoms with Crippen molar-refractivity contribution in [1.29, 1.82) is 0 Å². The number of para-hydroxylation sites is 1. The number of aromatic nitrogens is 3. The van der Waals surface area contributed by atoms with Crippen molar-refractivity contribution in [2.24, 2.45) is 0 Å². The Kier molecular flexibility index (Phi) is 4.15. The number of thiophene rings is 1. The molecule has 0 N–H and O–H groups in total. The Morgan fingerprint density at radius 2 is 2.09 bits per heavy atom. The van der Waals surface area contributed by atoms with Crippen molar-refractivity contribution in [3.8, 4) is 0 Å². The van der Waals surface area contributed by atoms with Crippen LogP contribution in [0, 0.1) is 0 Å². The minimum absolute atomic E-state index is 0.230. The summed E-state index contributed by atoms with van der Waals surface area (Å²) in [7, 11) is 0. The lowest BCUT2D eigenvalue weighted by molar-refractivity contribution is 0.0986. The van der Waals surface area contributed by atoms with Gasteiger partial charge in [0, 0.05) is 12.2 Å². The molecule has 0 amide bonds. The van der Waals surface area contributed by atoms with Crippen LogP contribution in [-0.4, -0.2) is 26.1 Å². The van der Waals surface area contributed by atoms with Crippen LogP contribution >= 0.6 is 34.4 Å². The summed E-state index contributed by atoms with van der Waals surface area (Å²) >= 11 is 4.82. The summed E-state index contributed by atoms with van der Waals surface area (Å²) < 4.78 is 3.32. The summed E-state index contributed by atoms with van der Waals surface area (Å²) in [6, 6.07) is 12.1. The first-order valence-corrected chi connectivity index (χ1v) is 9.93. The maximum Gasteiger partial charge on any atom is 0.217 e. The molecule has 4 aromatic rings. The molecule has 23 heavy (non-hydrogen) atoms. The van der Waals surface area contributed by atoms with Crippen molar-refractivity contribution in [2.45, 2.75) is 18.0 Å². The van der Waals surface area contributed by atoms with Gasteiger partial charge in [0.05, 0.1) is 15.1 Å². The lowest BCUT2D eigenvalue weighted by Gasteiger charge is -2.00. The third kappa shape index (κ3) is 2.91. The van der Waals surface area contributed by atoms with E-state index in [0.717, 1.165) is 32.7 Å². The number of hydrogen-bond donors (Lipinski definition) is 0. The Labute approximate surface area is 145 Å². The first kappa shape index (κ1) is 14.9. The highest BCUT2D eigenvalue weighted by atomic mass is 32.2. The first-order chi connectivity index (χ1) is 11.3. The molecule has 7 heteroatoms. The lowest BCUT2D eigenvalue weighted by atomic mass is 10.2. The normalized spacial score (nSPS) is 11.5. The SMILES string of the molecule is O=C(CCCSc1nnc2sc3ccccc3n12)c1cccs1. The maximum absolute atomic E-state index is 12.0. The zero-order chi connectivity index (χ0) is 15.6. The molecule has 0 saturated heterocycles. The van der Waals surface area contributed by atoms with Crippen LogP contribution in [0.3, 0.4) is 0 Å². The summed E-state index contributed by atoms with van der Waals surface area (Å²) in [6.45, 7) is 0. The highest BCUT2D eigenvalue weighted by molar-refractivity contribution is 7.99. The molecular formula is C16H13N3OS3. The number of fused-ring (bicyclic) bond motifs is 3. The van der Waals surface area contributed by atoms with Gasteiger partial charge in [-0.25, -0.2) is 0 Å². The van der Waals surface area contributed by atoms with Gasteiger partial charge in [-0.1, -0.05) is 41.3 Å². The van der Waals surface area contributed by atoms with Crippen LogP contribution in [0.2, 0.25) is 0 Å². The Balaban J connectivity index is 1.43. The largest absolute Gasteiger partial charge is 0.293 e. The minimum Gasteiger partial charge on any atom is -0.293 e. The van der Waals surface area contributed by atoms with E-state index in [4.69, 9.17) is 0 Å². The zero-order valence-electron chi connectivity index (χ0n) is 12.1. The van der Waals surface area contributed by atoms with Crippen LogP contribution < -0.4 is 0 Å². The summed E-state index contributed by atoms with van der Waals surface area (Å²) in [5.74, 6) is 1.09. The van der Waals surface area contributed by atoms with Crippen LogP contribution in [0.25, 0.3) is 15.2 Å². The van der Waals surface area contributed by atoms with Crippen molar-refractivity contribution < 1.29 is 4.79 Å². The fraction of sp³-hybridized carbons (Fsp3) is 0.188. The van der Waals surface area contributed by atoms with Crippen molar-refractivity contribution in [2.75, 3.05) is 5.75 Å². The summed E-state index contributed by atoms with van der Waals surface area (Å²) in [5.41, 5.74) is 1.15. The number of rotatable bonds is 6. The van der Waals surface area contributed by atoms with Crippen molar-refractivity contribution in [1.82, 2.24) is 14.6 Å². The van der Waals surface area contributed by atoms with Gasteiger partial charge >= 0.3 is 0 Å². The third-order valence-corrected chi connectivity index (χ3v) is 6.42. The number of ketones is 1. The van der Waals surface area contributed by atoms with Crippen LogP contribution in [-0.2, 0) is 0 Å². The molecule has 116 valence electrons. The molecule has 3 heterocycles. The first-order valence-electron chi connectivity index (χ1n) is 7.25. The molecule has 4 rings (SSSR count). The van der Waals surface area contributed by atoms with Gasteiger partial charge in [0.15, 0.2) is 10.9 Å². The van der Waals surface area contributed by atoms with Crippen LogP contribution in [0.1, 0.15) is 22.5 Å². The Hall–Kier alpha value is -1.70. The van der Waals surface area contributed by atoms with E-state index in [-0.39, 0.29) is 5.78 Å². The van der Waals surface area contributed by atoms with Gasteiger partial charge in [0.1, 0.15) is 0 Å². The molecule has 0 saturated carbocycles. The molecule has 0 aliphatic heterocycles. The van der Waals surface area contributed by atoms with Gasteiger partial charge in [0.2, 0.25) is 4.96 Å². The quantitative estimate of drug-likeness (QED) is 0.283. The van der Waals surface area contributed by atoms with E-state index in [9.17, 15) is 4.79 Å². The molecule has 3 aromatic heterocycles. The maximum atomic E-state index is 12.0. The zero-order valence-corrected chi connectivity index (χ0v) is 14.6. The second-order valence-corrected chi connectivity index (χ2v) is 8.04. The highest BCUT2D eigenvalue weighted by Gasteiger charge is 2.12. The Morgan fingerprint density at radius 3 is 2.96 bits per heavy atom. The summed E-state index contributed by atoms with van der Waals surface area (Å²) in [5, 5.41) is 11.4. The lowest BCUT2D eigenvalue weighted by Crippen LogP contribution is -1.97. The number of nitrogens with zero attached hydrogens (tertiary/aromatic N) is 3. The van der Waals surface area contributed by atoms with Gasteiger partial charge in [-0.3, -0.25) is 9.20 Å². The molecule has 4 nitrogen and oxygen atoms in total. The van der Waals surface area contributed by atoms with E-state index >= 15 is 0 Å². The van der Waals surface area contributed by atoms with Gasteiger partial charge < -0.3 is 0 Å². The van der Waals surface area contributed by atoms with E-state index < -0.39 is 0 Å². The molecular weight excluding hydrogens is 346 g/mol. The van der Waals surface area contributed by atoms with E-state index in [1.54, 1.807) is 23.1 Å². The number of carbonyl (C=O) groups is 1. The van der Waals surface area contributed by atoms with Gasteiger partial charge in [0.25, 0.3) is 0 Å². The highest BCUT2D eigenvalue weighted by Crippen LogP contribution is 2.29. The number of hydrogen-bond acceptors (Lipinski definition) is 6. The number of thioether (sulfide) groups is 1. The topological polar surface area (TPSA) is 47.3 Å². The molecule has 0 bridgehead atoms. The second-order valence-electron chi connectivity index (χ2n) is 5.02. The molecule has 0 fully saturated rings. The third-order valence-electron chi connectivity index (χ3n) is 3.49. The van der Waals surface area contributed by atoms with E-state index in [1.807, 2.05) is 29.6 Å². The minimum atomic E-state index is 0.230. The van der Waals surface area contributed by atoms with Crippen LogP contribution in [0.5, 0.6) is 0 Å². The Bertz CT molecular complexity index is 956. The smallest absolute Gasteiger partial charge is 0.217 e. The standard InChI is InChI=1S/C16H13N3OS3/c20-12(14-8-4-9-21-14)6-3-10-22-15-17-18-16-19(15)11-5-1-2-7-13(11)23-16/h1-2,4-5,7-9H,3,6,10H2. The molecule has 1 aromatic carbocycles. The number of benzene rings is 1. The number of Topliss-reactive ketones (excluding diaryl/α,β-unsaturated/α-hetero) is 1. The van der Waals surface area contributed by atoms with Crippen molar-refractivity contribution in [3.05, 3.63) is 46.7 Å². The van der Waals surface area contributed by atoms with Gasteiger partial charge in [-0.15, -0.1) is 21.5 Å². The average Bonchev–Trinajstić information content (AvgIpc) is 3.28. The molecule has 0 spiro atoms. The van der Waals surface area contributed by atoms with Gasteiger partial charge in [-0.05, 0) is 30.0 Å². The van der Waals surface area contributed by atoms with Crippen LogP contribution in [0.4, 0.5) is 0 Å². The van der Waals surface area contributed by atoms with Crippen LogP contribution in [0.15, 0.2) is 46.9 Å². The number of thiazole rings is 1. The fourth-order valence-electron chi connectivity index (χ4n) is 2.41. The molecule has 0 atom stereocenters. The molecule has 0 aliphatic rings. The van der Waals surface area contributed by atoms with Crippen molar-refractivity contribution in [3.63, 3.8) is 0 Å². The second kappa shape index (κ2) is 6.43. The molecule has 0 aliphatic carbocycles. The van der Waals surface area contributed by atoms with E-state index in [1.165, 1.54) is 16.0 Å². The van der Waals surface area contributed by atoms with E-state index in [0.29, 0.717) is 6.42 Å². The predicted molar refractivity (Wildman–Crippen MR) is 97.0 cm³/mol. The van der Waals surface area contributed by atoms with Gasteiger partial charge in [-0.2, -0.15) is 0 Å². The Morgan fingerprint density at radius 1 is 1.17 bits per heavy atom. The monoisotopic (exact) mass is 359 g/mol. The molecule has 0 radical (unpaired) electrons. The number of carbonyl (C=O) groups excluding carboxylic acids is 1. The molecule has 0 unspecified atom stereocenters. The van der Waals surface area contributed by atoms with Crippen molar-refractivity contribution >= 4 is 55.4 Å². The fourth-order valence-corrected chi connectivity index (χ4v) is 5.01. The summed E-state index contributed by atoms with van der Waals surface area (Å²) in [4.78, 5) is 13.8. The predicted octanol–water partition coefficient (Wildman–Crippen LogP) is 4.76. The summed E-state index contributed by atoms with van der Waals surface area (Å²) in [6.07, 6.45) is 1.43.